The molecule has 1 N–H and O–H groups in total. The van der Waals surface area contributed by atoms with Gasteiger partial charge in [-0.3, -0.25) is 9.79 Å². The lowest BCUT2D eigenvalue weighted by Gasteiger charge is -2.37. The Morgan fingerprint density at radius 2 is 1.90 bits per heavy atom. The summed E-state index contributed by atoms with van der Waals surface area (Å²) < 4.78 is 10.6. The van der Waals surface area contributed by atoms with E-state index in [9.17, 15) is 4.79 Å². The van der Waals surface area contributed by atoms with Crippen molar-refractivity contribution in [1.29, 1.82) is 0 Å². The van der Waals surface area contributed by atoms with E-state index >= 15 is 0 Å². The second-order valence-corrected chi connectivity index (χ2v) is 7.44. The number of hydrogen-bond donors (Lipinski definition) is 1. The van der Waals surface area contributed by atoms with Gasteiger partial charge in [-0.05, 0) is 43.9 Å². The molecule has 8 nitrogen and oxygen atoms in total. The zero-order valence-electron chi connectivity index (χ0n) is 18.6. The van der Waals surface area contributed by atoms with E-state index in [2.05, 4.69) is 46.3 Å². The first kappa shape index (κ1) is 25.0. The molecule has 2 heterocycles. The maximum absolute atomic E-state index is 12.5. The van der Waals surface area contributed by atoms with Gasteiger partial charge in [-0.25, -0.2) is 0 Å². The standard InChI is InChI=1S/C22H31N5O3.HI/c1-23-22(24-16-19(25(2)3)17-7-5-8-18(15-17)29-4)27-12-10-26(11-13-27)21(28)20-9-6-14-30-20;/h5-9,14-15,19H,10-13,16H2,1-4H3,(H,23,24);1H. The lowest BCUT2D eigenvalue weighted by atomic mass is 10.1. The minimum atomic E-state index is -0.0618. The van der Waals surface area contributed by atoms with Gasteiger partial charge in [-0.1, -0.05) is 12.1 Å². The van der Waals surface area contributed by atoms with Gasteiger partial charge in [0.2, 0.25) is 0 Å². The molecular formula is C22H32IN5O3. The van der Waals surface area contributed by atoms with Crippen LogP contribution in [0.1, 0.15) is 22.2 Å². The molecule has 1 unspecified atom stereocenters. The summed E-state index contributed by atoms with van der Waals surface area (Å²) >= 11 is 0. The fourth-order valence-corrected chi connectivity index (χ4v) is 3.65. The van der Waals surface area contributed by atoms with Gasteiger partial charge in [0, 0.05) is 39.8 Å². The molecule has 170 valence electrons. The summed E-state index contributed by atoms with van der Waals surface area (Å²) in [6.07, 6.45) is 1.53. The number of rotatable bonds is 6. The van der Waals surface area contributed by atoms with E-state index in [1.165, 1.54) is 11.8 Å². The van der Waals surface area contributed by atoms with Gasteiger partial charge in [0.15, 0.2) is 11.7 Å². The molecule has 3 rings (SSSR count). The Hall–Kier alpha value is -2.27. The second-order valence-electron chi connectivity index (χ2n) is 7.44. The van der Waals surface area contributed by atoms with Crippen LogP contribution < -0.4 is 10.1 Å². The van der Waals surface area contributed by atoms with Crippen LogP contribution in [0.15, 0.2) is 52.1 Å². The van der Waals surface area contributed by atoms with E-state index in [4.69, 9.17) is 9.15 Å². The molecule has 1 aromatic heterocycles. The smallest absolute Gasteiger partial charge is 0.289 e. The zero-order chi connectivity index (χ0) is 21.5. The maximum atomic E-state index is 12.5. The number of nitrogens with zero attached hydrogens (tertiary/aromatic N) is 4. The number of halogens is 1. The highest BCUT2D eigenvalue weighted by Crippen LogP contribution is 2.22. The zero-order valence-corrected chi connectivity index (χ0v) is 20.9. The number of amides is 1. The molecule has 0 spiro atoms. The van der Waals surface area contributed by atoms with Gasteiger partial charge in [0.05, 0.1) is 19.4 Å². The fraction of sp³-hybridized carbons (Fsp3) is 0.455. The van der Waals surface area contributed by atoms with Gasteiger partial charge in [0.25, 0.3) is 5.91 Å². The summed E-state index contributed by atoms with van der Waals surface area (Å²) in [6, 6.07) is 11.7. The van der Waals surface area contributed by atoms with Crippen molar-refractivity contribution < 1.29 is 13.9 Å². The number of carbonyl (C=O) groups excluding carboxylic acids is 1. The molecule has 2 aromatic rings. The Kier molecular flexibility index (Phi) is 9.63. The molecule has 0 radical (unpaired) electrons. The van der Waals surface area contributed by atoms with E-state index in [0.29, 0.717) is 25.4 Å². The van der Waals surface area contributed by atoms with Crippen LogP contribution in [0.25, 0.3) is 0 Å². The highest BCUT2D eigenvalue weighted by atomic mass is 127. The number of methoxy groups -OCH3 is 1. The van der Waals surface area contributed by atoms with Crippen molar-refractivity contribution in [3.8, 4) is 5.75 Å². The van der Waals surface area contributed by atoms with Gasteiger partial charge in [-0.15, -0.1) is 24.0 Å². The van der Waals surface area contributed by atoms with Crippen LogP contribution in [0.3, 0.4) is 0 Å². The summed E-state index contributed by atoms with van der Waals surface area (Å²) in [5.41, 5.74) is 1.18. The number of likely N-dealkylation sites (N-methyl/N-ethyl adjacent to an activating group) is 1. The van der Waals surface area contributed by atoms with Crippen molar-refractivity contribution in [3.63, 3.8) is 0 Å². The van der Waals surface area contributed by atoms with Crippen molar-refractivity contribution in [2.24, 2.45) is 4.99 Å². The van der Waals surface area contributed by atoms with Crippen molar-refractivity contribution >= 4 is 35.8 Å². The van der Waals surface area contributed by atoms with E-state index < -0.39 is 0 Å². The monoisotopic (exact) mass is 541 g/mol. The number of ether oxygens (including phenoxy) is 1. The Morgan fingerprint density at radius 3 is 2.48 bits per heavy atom. The summed E-state index contributed by atoms with van der Waals surface area (Å²) in [5, 5.41) is 3.50. The lowest BCUT2D eigenvalue weighted by molar-refractivity contribution is 0.0657. The minimum Gasteiger partial charge on any atom is -0.497 e. The topological polar surface area (TPSA) is 73.6 Å². The average molecular weight is 541 g/mol. The van der Waals surface area contributed by atoms with E-state index in [1.807, 2.05) is 17.0 Å². The van der Waals surface area contributed by atoms with Crippen LogP contribution in [0.4, 0.5) is 0 Å². The first-order valence-electron chi connectivity index (χ1n) is 10.1. The first-order chi connectivity index (χ1) is 14.5. The third-order valence-electron chi connectivity index (χ3n) is 5.37. The van der Waals surface area contributed by atoms with Gasteiger partial charge in [0.1, 0.15) is 5.75 Å². The normalized spacial score (nSPS) is 15.5. The molecule has 1 fully saturated rings. The SMILES string of the molecule is CN=C(NCC(c1cccc(OC)c1)N(C)C)N1CCN(C(=O)c2ccco2)CC1.I. The average Bonchev–Trinajstić information content (AvgIpc) is 3.31. The third-order valence-corrected chi connectivity index (χ3v) is 5.37. The van der Waals surface area contributed by atoms with Crippen LogP contribution >= 0.6 is 24.0 Å². The number of piperazine rings is 1. The molecule has 1 saturated heterocycles. The molecule has 1 aromatic carbocycles. The summed E-state index contributed by atoms with van der Waals surface area (Å²) in [6.45, 7) is 3.41. The molecule has 0 aliphatic carbocycles. The van der Waals surface area contributed by atoms with Gasteiger partial charge < -0.3 is 29.2 Å². The second kappa shape index (κ2) is 11.9. The molecule has 1 aliphatic heterocycles. The first-order valence-corrected chi connectivity index (χ1v) is 10.1. The molecule has 1 aliphatic rings. The number of aliphatic imine (C=N–C) groups is 1. The molecule has 31 heavy (non-hydrogen) atoms. The number of carbonyl (C=O) groups is 1. The van der Waals surface area contributed by atoms with E-state index in [-0.39, 0.29) is 35.9 Å². The number of furan rings is 1. The molecule has 0 saturated carbocycles. The summed E-state index contributed by atoms with van der Waals surface area (Å²) in [5.74, 6) is 2.02. The van der Waals surface area contributed by atoms with Crippen LogP contribution in [0.2, 0.25) is 0 Å². The maximum Gasteiger partial charge on any atom is 0.289 e. The van der Waals surface area contributed by atoms with E-state index in [0.717, 1.165) is 24.8 Å². The fourth-order valence-electron chi connectivity index (χ4n) is 3.65. The predicted octanol–water partition coefficient (Wildman–Crippen LogP) is 2.54. The van der Waals surface area contributed by atoms with Crippen LogP contribution in [0, 0.1) is 0 Å². The number of nitrogens with one attached hydrogen (secondary N) is 1. The van der Waals surface area contributed by atoms with Crippen molar-refractivity contribution in [1.82, 2.24) is 20.0 Å². The van der Waals surface area contributed by atoms with Gasteiger partial charge >= 0.3 is 0 Å². The van der Waals surface area contributed by atoms with E-state index in [1.54, 1.807) is 26.3 Å². The van der Waals surface area contributed by atoms with Crippen molar-refractivity contribution in [3.05, 3.63) is 54.0 Å². The van der Waals surface area contributed by atoms with Crippen molar-refractivity contribution in [2.75, 3.05) is 61.0 Å². The molecular weight excluding hydrogens is 509 g/mol. The minimum absolute atomic E-state index is 0. The molecule has 0 bridgehead atoms. The Morgan fingerprint density at radius 1 is 1.19 bits per heavy atom. The third kappa shape index (κ3) is 6.36. The number of hydrogen-bond acceptors (Lipinski definition) is 5. The quantitative estimate of drug-likeness (QED) is 0.345. The lowest BCUT2D eigenvalue weighted by Crippen LogP contribution is -2.54. The highest BCUT2D eigenvalue weighted by Gasteiger charge is 2.25. The van der Waals surface area contributed by atoms with Crippen molar-refractivity contribution in [2.45, 2.75) is 6.04 Å². The molecule has 9 heteroatoms. The van der Waals surface area contributed by atoms with Crippen LogP contribution in [-0.2, 0) is 0 Å². The highest BCUT2D eigenvalue weighted by molar-refractivity contribution is 14.0. The number of guanidine groups is 1. The molecule has 1 atom stereocenters. The predicted molar refractivity (Wildman–Crippen MR) is 132 cm³/mol. The van der Waals surface area contributed by atoms with Crippen LogP contribution in [0.5, 0.6) is 5.75 Å². The van der Waals surface area contributed by atoms with Gasteiger partial charge in [-0.2, -0.15) is 0 Å². The largest absolute Gasteiger partial charge is 0.497 e. The Balaban J connectivity index is 0.00000341. The Bertz CT molecular complexity index is 849. The summed E-state index contributed by atoms with van der Waals surface area (Å²) in [4.78, 5) is 23.1. The van der Waals surface area contributed by atoms with Crippen LogP contribution in [-0.4, -0.2) is 87.5 Å². The number of benzene rings is 1. The molecule has 1 amide bonds. The Labute approximate surface area is 201 Å². The summed E-state index contributed by atoms with van der Waals surface area (Å²) in [7, 11) is 7.60.